The molecule has 3 aromatic rings. The number of hydrogen-bond acceptors (Lipinski definition) is 7. The van der Waals surface area contributed by atoms with Crippen molar-refractivity contribution >= 4 is 23.2 Å². The summed E-state index contributed by atoms with van der Waals surface area (Å²) in [6.45, 7) is 1.56. The van der Waals surface area contributed by atoms with Crippen molar-refractivity contribution in [1.82, 2.24) is 20.4 Å². The zero-order chi connectivity index (χ0) is 18.6. The van der Waals surface area contributed by atoms with Crippen molar-refractivity contribution in [3.63, 3.8) is 0 Å². The smallest absolute Gasteiger partial charge is 0.269 e. The Hall–Kier alpha value is -3.68. The van der Waals surface area contributed by atoms with Crippen LogP contribution in [-0.2, 0) is 13.0 Å². The first-order valence-corrected chi connectivity index (χ1v) is 8.61. The fourth-order valence-corrected chi connectivity index (χ4v) is 3.11. The molecule has 0 bridgehead atoms. The lowest BCUT2D eigenvalue weighted by Crippen LogP contribution is -2.33. The summed E-state index contributed by atoms with van der Waals surface area (Å²) < 4.78 is 0. The van der Waals surface area contributed by atoms with E-state index in [4.69, 9.17) is 5.73 Å². The Morgan fingerprint density at radius 1 is 1.07 bits per heavy atom. The molecule has 0 radical (unpaired) electrons. The molecule has 0 atom stereocenters. The number of fused-ring (bicyclic) bond motifs is 1. The first-order valence-electron chi connectivity index (χ1n) is 8.61. The third kappa shape index (κ3) is 3.50. The number of hydrogen-bond donors (Lipinski definition) is 3. The standard InChI is InChI=1S/C19H19N7O/c20-16-17(24-25-19(27)14-5-8-21-9-6-14)22-12-23-18(16)26-10-7-13-3-1-2-4-15(13)11-26/h1-6,8-9,12H,7,10-11,20H2,(H,25,27)(H,22,23,24). The number of amides is 1. The number of aromatic nitrogens is 3. The van der Waals surface area contributed by atoms with Crippen molar-refractivity contribution < 1.29 is 4.79 Å². The summed E-state index contributed by atoms with van der Waals surface area (Å²) in [7, 11) is 0. The number of nitrogens with zero attached hydrogens (tertiary/aromatic N) is 4. The summed E-state index contributed by atoms with van der Waals surface area (Å²) in [5, 5.41) is 0. The Kier molecular flexibility index (Phi) is 4.52. The highest BCUT2D eigenvalue weighted by atomic mass is 16.2. The van der Waals surface area contributed by atoms with Gasteiger partial charge in [0.25, 0.3) is 5.91 Å². The first-order chi connectivity index (χ1) is 13.2. The molecular formula is C19H19N7O. The molecule has 0 unspecified atom stereocenters. The molecule has 27 heavy (non-hydrogen) atoms. The van der Waals surface area contributed by atoms with Gasteiger partial charge in [-0.05, 0) is 29.7 Å². The van der Waals surface area contributed by atoms with Gasteiger partial charge in [-0.3, -0.25) is 20.6 Å². The lowest BCUT2D eigenvalue weighted by atomic mass is 10.00. The van der Waals surface area contributed by atoms with Crippen molar-refractivity contribution in [2.24, 2.45) is 0 Å². The summed E-state index contributed by atoms with van der Waals surface area (Å²) in [6, 6.07) is 11.6. The molecule has 136 valence electrons. The SMILES string of the molecule is Nc1c(NNC(=O)c2ccncc2)ncnc1N1CCc2ccccc2C1. The van der Waals surface area contributed by atoms with Gasteiger partial charge in [0.2, 0.25) is 0 Å². The van der Waals surface area contributed by atoms with Gasteiger partial charge in [0, 0.05) is 31.0 Å². The molecule has 0 aliphatic carbocycles. The highest BCUT2D eigenvalue weighted by molar-refractivity contribution is 5.95. The van der Waals surface area contributed by atoms with Gasteiger partial charge in [-0.2, -0.15) is 0 Å². The van der Waals surface area contributed by atoms with E-state index in [9.17, 15) is 4.79 Å². The van der Waals surface area contributed by atoms with Gasteiger partial charge < -0.3 is 10.6 Å². The summed E-state index contributed by atoms with van der Waals surface area (Å²) in [5.41, 5.74) is 15.1. The molecule has 4 rings (SSSR count). The van der Waals surface area contributed by atoms with Crippen molar-refractivity contribution in [1.29, 1.82) is 0 Å². The van der Waals surface area contributed by atoms with Gasteiger partial charge in [-0.15, -0.1) is 0 Å². The van der Waals surface area contributed by atoms with Crippen LogP contribution in [0.4, 0.5) is 17.3 Å². The van der Waals surface area contributed by atoms with E-state index in [2.05, 4.69) is 48.9 Å². The van der Waals surface area contributed by atoms with E-state index >= 15 is 0 Å². The van der Waals surface area contributed by atoms with Gasteiger partial charge in [0.05, 0.1) is 0 Å². The van der Waals surface area contributed by atoms with E-state index in [-0.39, 0.29) is 5.91 Å². The molecule has 0 fully saturated rings. The third-order valence-electron chi connectivity index (χ3n) is 4.53. The number of rotatable bonds is 4. The van der Waals surface area contributed by atoms with Crippen molar-refractivity contribution in [2.75, 3.05) is 22.6 Å². The number of pyridine rings is 1. The zero-order valence-corrected chi connectivity index (χ0v) is 14.6. The Labute approximate surface area is 156 Å². The molecule has 1 aliphatic heterocycles. The van der Waals surface area contributed by atoms with Gasteiger partial charge in [-0.25, -0.2) is 9.97 Å². The number of nitrogens with one attached hydrogen (secondary N) is 2. The molecule has 4 N–H and O–H groups in total. The molecular weight excluding hydrogens is 342 g/mol. The van der Waals surface area contributed by atoms with Crippen LogP contribution in [0.15, 0.2) is 55.1 Å². The summed E-state index contributed by atoms with van der Waals surface area (Å²) in [4.78, 5) is 26.7. The first kappa shape index (κ1) is 16.8. The molecule has 0 saturated carbocycles. The summed E-state index contributed by atoms with van der Waals surface area (Å²) >= 11 is 0. The second-order valence-electron chi connectivity index (χ2n) is 6.21. The van der Waals surface area contributed by atoms with Gasteiger partial charge >= 0.3 is 0 Å². The number of nitrogens with two attached hydrogens (primary N) is 1. The highest BCUT2D eigenvalue weighted by Crippen LogP contribution is 2.30. The Morgan fingerprint density at radius 2 is 1.85 bits per heavy atom. The van der Waals surface area contributed by atoms with Crippen LogP contribution >= 0.6 is 0 Å². The van der Waals surface area contributed by atoms with Crippen LogP contribution in [0.1, 0.15) is 21.5 Å². The average Bonchev–Trinajstić information content (AvgIpc) is 2.73. The molecule has 1 amide bonds. The van der Waals surface area contributed by atoms with Crippen molar-refractivity contribution in [3.8, 4) is 0 Å². The molecule has 1 aromatic carbocycles. The maximum Gasteiger partial charge on any atom is 0.269 e. The number of carbonyl (C=O) groups is 1. The van der Waals surface area contributed by atoms with Gasteiger partial charge in [0.1, 0.15) is 12.0 Å². The number of benzene rings is 1. The second-order valence-corrected chi connectivity index (χ2v) is 6.21. The predicted molar refractivity (Wildman–Crippen MR) is 103 cm³/mol. The Bertz CT molecular complexity index is 961. The van der Waals surface area contributed by atoms with E-state index in [0.29, 0.717) is 22.9 Å². The third-order valence-corrected chi connectivity index (χ3v) is 4.53. The van der Waals surface area contributed by atoms with E-state index in [1.54, 1.807) is 24.5 Å². The zero-order valence-electron chi connectivity index (χ0n) is 14.6. The monoisotopic (exact) mass is 361 g/mol. The van der Waals surface area contributed by atoms with Crippen LogP contribution in [0.2, 0.25) is 0 Å². The fourth-order valence-electron chi connectivity index (χ4n) is 3.11. The maximum absolute atomic E-state index is 12.2. The quantitative estimate of drug-likeness (QED) is 0.608. The number of anilines is 3. The average molecular weight is 361 g/mol. The summed E-state index contributed by atoms with van der Waals surface area (Å²) in [6.07, 6.45) is 5.48. The molecule has 0 saturated heterocycles. The number of nitrogen functional groups attached to an aromatic ring is 1. The lowest BCUT2D eigenvalue weighted by molar-refractivity contribution is 0.0962. The summed E-state index contributed by atoms with van der Waals surface area (Å²) in [5.74, 6) is 0.713. The van der Waals surface area contributed by atoms with Gasteiger partial charge in [0.15, 0.2) is 11.6 Å². The fraction of sp³-hybridized carbons (Fsp3) is 0.158. The molecule has 8 heteroatoms. The maximum atomic E-state index is 12.2. The molecule has 0 spiro atoms. The van der Waals surface area contributed by atoms with E-state index in [1.165, 1.54) is 17.5 Å². The van der Waals surface area contributed by atoms with Crippen molar-refractivity contribution in [2.45, 2.75) is 13.0 Å². The van der Waals surface area contributed by atoms with Crippen LogP contribution in [0.25, 0.3) is 0 Å². The Balaban J connectivity index is 1.49. The molecule has 1 aliphatic rings. The normalized spacial score (nSPS) is 13.0. The van der Waals surface area contributed by atoms with E-state index in [0.717, 1.165) is 19.5 Å². The second kappa shape index (κ2) is 7.28. The van der Waals surface area contributed by atoms with Crippen LogP contribution in [-0.4, -0.2) is 27.4 Å². The van der Waals surface area contributed by atoms with Crippen LogP contribution in [0.3, 0.4) is 0 Å². The van der Waals surface area contributed by atoms with Crippen LogP contribution < -0.4 is 21.5 Å². The lowest BCUT2D eigenvalue weighted by Gasteiger charge is -2.30. The molecule has 8 nitrogen and oxygen atoms in total. The predicted octanol–water partition coefficient (Wildman–Crippen LogP) is 1.77. The number of hydrazine groups is 1. The van der Waals surface area contributed by atoms with Crippen molar-refractivity contribution in [3.05, 3.63) is 71.8 Å². The van der Waals surface area contributed by atoms with Gasteiger partial charge in [-0.1, -0.05) is 24.3 Å². The molecule has 3 heterocycles. The molecule has 2 aromatic heterocycles. The minimum Gasteiger partial charge on any atom is -0.393 e. The Morgan fingerprint density at radius 3 is 2.67 bits per heavy atom. The minimum absolute atomic E-state index is 0.302. The van der Waals surface area contributed by atoms with E-state index in [1.807, 2.05) is 6.07 Å². The van der Waals surface area contributed by atoms with E-state index < -0.39 is 0 Å². The van der Waals surface area contributed by atoms with Crippen LogP contribution in [0, 0.1) is 0 Å². The number of carbonyl (C=O) groups excluding carboxylic acids is 1. The van der Waals surface area contributed by atoms with Crippen LogP contribution in [0.5, 0.6) is 0 Å². The largest absolute Gasteiger partial charge is 0.393 e. The topological polar surface area (TPSA) is 109 Å². The minimum atomic E-state index is -0.302. The highest BCUT2D eigenvalue weighted by Gasteiger charge is 2.20.